The van der Waals surface area contributed by atoms with Gasteiger partial charge in [-0.05, 0) is 67.6 Å². The Kier molecular flexibility index (Phi) is 11.6. The van der Waals surface area contributed by atoms with Gasteiger partial charge in [0.05, 0.1) is 31.0 Å². The molecule has 4 rings (SSSR count). The molecule has 4 fully saturated rings. The molecule has 11 nitrogen and oxygen atoms in total. The Bertz CT molecular complexity index is 986. The largest absolute Gasteiger partial charge is 0.463 e. The van der Waals surface area contributed by atoms with Gasteiger partial charge in [0, 0.05) is 63.1 Å². The third kappa shape index (κ3) is 7.68. The minimum atomic E-state index is -1.40. The Labute approximate surface area is 264 Å². The number of esters is 1. The molecule has 11 heteroatoms. The van der Waals surface area contributed by atoms with Crippen LogP contribution in [-0.2, 0) is 33.3 Å². The number of nitrogens with zero attached hydrogens (tertiary/aromatic N) is 3. The van der Waals surface area contributed by atoms with Crippen molar-refractivity contribution in [3.8, 4) is 0 Å². The Hall–Kier alpha value is -1.18. The van der Waals surface area contributed by atoms with Crippen LogP contribution in [0.4, 0.5) is 0 Å². The second-order valence-electron chi connectivity index (χ2n) is 15.2. The van der Waals surface area contributed by atoms with Gasteiger partial charge in [0.25, 0.3) is 0 Å². The van der Waals surface area contributed by atoms with Gasteiger partial charge in [-0.2, -0.15) is 0 Å². The number of ether oxygens (including phenoxy) is 5. The highest BCUT2D eigenvalue weighted by atomic mass is 16.7. The maximum Gasteiger partial charge on any atom is 0.319 e. The molecule has 9 atom stereocenters. The smallest absolute Gasteiger partial charge is 0.319 e. The number of aliphatic hydroxyl groups excluding tert-OH is 1. The number of aliphatic hydroxyl groups is 1. The van der Waals surface area contributed by atoms with Crippen molar-refractivity contribution in [3.05, 3.63) is 0 Å². The van der Waals surface area contributed by atoms with Crippen molar-refractivity contribution in [1.29, 1.82) is 0 Å². The van der Waals surface area contributed by atoms with Gasteiger partial charge < -0.3 is 38.6 Å². The molecule has 4 saturated heterocycles. The molecule has 4 heterocycles. The molecule has 0 spiro atoms. The third-order valence-electron chi connectivity index (χ3n) is 10.7. The molecule has 0 radical (unpaired) electrons. The molecule has 0 aromatic carbocycles. The van der Waals surface area contributed by atoms with E-state index in [4.69, 9.17) is 23.7 Å². The molecule has 254 valence electrons. The second-order valence-corrected chi connectivity index (χ2v) is 15.2. The van der Waals surface area contributed by atoms with E-state index in [1.807, 2.05) is 32.8 Å². The molecule has 0 aromatic heterocycles. The van der Waals surface area contributed by atoms with Crippen molar-refractivity contribution >= 4 is 11.8 Å². The minimum absolute atomic E-state index is 0.0375. The van der Waals surface area contributed by atoms with Gasteiger partial charge >= 0.3 is 5.97 Å². The fourth-order valence-corrected chi connectivity index (χ4v) is 7.82. The number of likely N-dealkylation sites (N-methyl/N-ethyl adjacent to an activating group) is 2. The first kappa shape index (κ1) is 35.7. The molecule has 4 aliphatic rings. The molecule has 0 aliphatic carbocycles. The average Bonchev–Trinajstić information content (AvgIpc) is 2.90. The first-order valence-corrected chi connectivity index (χ1v) is 16.5. The number of hydrogen-bond acceptors (Lipinski definition) is 11. The lowest BCUT2D eigenvalue weighted by molar-refractivity contribution is -0.295. The summed E-state index contributed by atoms with van der Waals surface area (Å²) in [6, 6.07) is -0.130. The van der Waals surface area contributed by atoms with Gasteiger partial charge in [0.1, 0.15) is 18.1 Å². The van der Waals surface area contributed by atoms with E-state index in [-0.39, 0.29) is 36.5 Å². The number of hydrogen-bond donors (Lipinski definition) is 1. The lowest BCUT2D eigenvalue weighted by Gasteiger charge is -2.48. The summed E-state index contributed by atoms with van der Waals surface area (Å²) in [5.41, 5.74) is -2.31. The lowest BCUT2D eigenvalue weighted by atomic mass is 9.74. The summed E-state index contributed by atoms with van der Waals surface area (Å²) in [6.07, 6.45) is -1.55. The molecule has 0 bridgehead atoms. The molecule has 1 N–H and O–H groups in total. The van der Waals surface area contributed by atoms with E-state index < -0.39 is 41.4 Å². The highest BCUT2D eigenvalue weighted by Crippen LogP contribution is 2.38. The van der Waals surface area contributed by atoms with Gasteiger partial charge in [-0.1, -0.05) is 13.8 Å². The molecular formula is C33H59N3O8. The zero-order chi connectivity index (χ0) is 32.6. The number of likely N-dealkylation sites (tertiary alicyclic amines) is 1. The summed E-state index contributed by atoms with van der Waals surface area (Å²) >= 11 is 0. The summed E-state index contributed by atoms with van der Waals surface area (Å²) < 4.78 is 30.3. The number of Topliss-reactive ketones (excluding diaryl/α,β-unsaturated/α-hetero) is 1. The third-order valence-corrected chi connectivity index (χ3v) is 10.7. The van der Waals surface area contributed by atoms with Crippen LogP contribution in [0.2, 0.25) is 0 Å². The number of methoxy groups -OCH3 is 1. The number of rotatable bonds is 7. The highest BCUT2D eigenvalue weighted by molar-refractivity contribution is 6.04. The van der Waals surface area contributed by atoms with Gasteiger partial charge in [-0.15, -0.1) is 0 Å². The zero-order valence-electron chi connectivity index (χ0n) is 28.8. The van der Waals surface area contributed by atoms with E-state index in [0.717, 1.165) is 39.4 Å². The maximum absolute atomic E-state index is 14.2. The van der Waals surface area contributed by atoms with Gasteiger partial charge in [-0.3, -0.25) is 14.5 Å². The summed E-state index contributed by atoms with van der Waals surface area (Å²) in [5.74, 6) is -0.418. The maximum atomic E-state index is 14.2. The first-order chi connectivity index (χ1) is 20.6. The van der Waals surface area contributed by atoms with E-state index in [2.05, 4.69) is 23.8 Å². The van der Waals surface area contributed by atoms with Crippen molar-refractivity contribution in [2.45, 2.75) is 96.7 Å². The fraction of sp³-hybridized carbons (Fsp3) is 0.939. The van der Waals surface area contributed by atoms with Crippen molar-refractivity contribution in [1.82, 2.24) is 14.7 Å². The Morgan fingerprint density at radius 3 is 2.27 bits per heavy atom. The molecule has 44 heavy (non-hydrogen) atoms. The van der Waals surface area contributed by atoms with Crippen molar-refractivity contribution in [2.75, 3.05) is 74.3 Å². The van der Waals surface area contributed by atoms with Crippen molar-refractivity contribution in [2.24, 2.45) is 29.1 Å². The van der Waals surface area contributed by atoms with Gasteiger partial charge in [0.2, 0.25) is 0 Å². The number of ketones is 1. The summed E-state index contributed by atoms with van der Waals surface area (Å²) in [5, 5.41) is 11.3. The normalized spacial score (nSPS) is 40.8. The van der Waals surface area contributed by atoms with Crippen LogP contribution in [0, 0.1) is 29.1 Å². The Balaban J connectivity index is 1.59. The molecule has 4 aliphatic heterocycles. The van der Waals surface area contributed by atoms with Crippen LogP contribution >= 0.6 is 0 Å². The van der Waals surface area contributed by atoms with Crippen LogP contribution in [0.15, 0.2) is 0 Å². The quantitative estimate of drug-likeness (QED) is 0.331. The highest BCUT2D eigenvalue weighted by Gasteiger charge is 2.52. The molecule has 0 amide bonds. The number of cyclic esters (lactones) is 1. The van der Waals surface area contributed by atoms with E-state index >= 15 is 0 Å². The van der Waals surface area contributed by atoms with Gasteiger partial charge in [0.15, 0.2) is 12.1 Å². The predicted octanol–water partition coefficient (Wildman–Crippen LogP) is 1.90. The molecule has 0 saturated carbocycles. The zero-order valence-corrected chi connectivity index (χ0v) is 28.8. The number of carbonyl (C=O) groups excluding carboxylic acids is 2. The first-order valence-electron chi connectivity index (χ1n) is 16.5. The van der Waals surface area contributed by atoms with Crippen molar-refractivity contribution in [3.63, 3.8) is 0 Å². The van der Waals surface area contributed by atoms with Crippen LogP contribution in [0.1, 0.15) is 54.4 Å². The van der Waals surface area contributed by atoms with Crippen molar-refractivity contribution < 1.29 is 38.4 Å². The summed E-state index contributed by atoms with van der Waals surface area (Å²) in [4.78, 5) is 34.5. The SMILES string of the molecule is CO[C@]1(C)C[C@@H](C)CN(C)C(C2CN(CC3COC3)C2)COC(=O)C(C)(C)C(=O)[C@H](C)[C@H]1O[C@@H]1O[C@H](C)C[C@H](N(C)C)[C@H]1O. The molecular weight excluding hydrogens is 566 g/mol. The topological polar surface area (TPSA) is 110 Å². The van der Waals surface area contributed by atoms with Crippen LogP contribution in [0.3, 0.4) is 0 Å². The molecule has 1 unspecified atom stereocenters. The summed E-state index contributed by atoms with van der Waals surface area (Å²) in [6.45, 7) is 16.8. The second kappa shape index (κ2) is 14.3. The van der Waals surface area contributed by atoms with E-state index in [9.17, 15) is 14.7 Å². The minimum Gasteiger partial charge on any atom is -0.463 e. The predicted molar refractivity (Wildman–Crippen MR) is 166 cm³/mol. The monoisotopic (exact) mass is 625 g/mol. The Morgan fingerprint density at radius 2 is 1.70 bits per heavy atom. The van der Waals surface area contributed by atoms with E-state index in [0.29, 0.717) is 24.7 Å². The summed E-state index contributed by atoms with van der Waals surface area (Å²) in [7, 11) is 7.60. The van der Waals surface area contributed by atoms with E-state index in [1.54, 1.807) is 27.9 Å². The average molecular weight is 626 g/mol. The van der Waals surface area contributed by atoms with Crippen LogP contribution in [-0.4, -0.2) is 148 Å². The van der Waals surface area contributed by atoms with Crippen LogP contribution in [0.5, 0.6) is 0 Å². The van der Waals surface area contributed by atoms with E-state index in [1.165, 1.54) is 0 Å². The Morgan fingerprint density at radius 1 is 1.05 bits per heavy atom. The standard InChI is InChI=1S/C33H59N3O8/c1-20-12-33(6,40-10)29(44-30-27(37)25(34(7)8)11-21(2)43-30)22(3)28(38)32(4,5)31(39)42-19-26(35(9)13-20)24-15-36(16-24)14-23-17-41-18-23/h20-27,29-30,37H,11-19H2,1-10H3/t20-,21-,22+,25+,26?,27-,29-,30+,33-/m1/s1. The van der Waals surface area contributed by atoms with Gasteiger partial charge in [-0.25, -0.2) is 0 Å². The van der Waals surface area contributed by atoms with Crippen LogP contribution in [0.25, 0.3) is 0 Å². The molecule has 0 aromatic rings. The number of carbonyl (C=O) groups is 2. The fourth-order valence-electron chi connectivity index (χ4n) is 7.82. The lowest BCUT2D eigenvalue weighted by Crippen LogP contribution is -2.60. The van der Waals surface area contributed by atoms with Crippen LogP contribution < -0.4 is 0 Å².